The summed E-state index contributed by atoms with van der Waals surface area (Å²) in [5.41, 5.74) is 0.785. The van der Waals surface area contributed by atoms with Crippen molar-refractivity contribution in [3.8, 4) is 0 Å². The molecule has 8 rings (SSSR count). The van der Waals surface area contributed by atoms with Crippen LogP contribution in [0.1, 0.15) is 72.1 Å². The molecule has 4 bridgehead atoms. The Balaban J connectivity index is 0.00000600. The lowest BCUT2D eigenvalue weighted by molar-refractivity contribution is -0.162. The summed E-state index contributed by atoms with van der Waals surface area (Å²) in [7, 11) is 3.67. The van der Waals surface area contributed by atoms with E-state index >= 15 is 0 Å². The number of nitrogens with one attached hydrogen (secondary N) is 5. The molecule has 2 aromatic rings. The Bertz CT molecular complexity index is 1560. The second kappa shape index (κ2) is 20.2. The van der Waals surface area contributed by atoms with Gasteiger partial charge in [-0.05, 0) is 115 Å². The van der Waals surface area contributed by atoms with E-state index in [0.29, 0.717) is 88.7 Å². The van der Waals surface area contributed by atoms with E-state index in [9.17, 15) is 28.8 Å². The highest BCUT2D eigenvalue weighted by molar-refractivity contribution is 6.01. The molecule has 56 heavy (non-hydrogen) atoms. The summed E-state index contributed by atoms with van der Waals surface area (Å²) >= 11 is 0. The summed E-state index contributed by atoms with van der Waals surface area (Å²) in [6.07, 6.45) is 3.53. The molecule has 0 spiro atoms. The van der Waals surface area contributed by atoms with Crippen LogP contribution in [0.2, 0.25) is 0 Å². The zero-order chi connectivity index (χ0) is 38.9. The third-order valence-electron chi connectivity index (χ3n) is 12.3. The van der Waals surface area contributed by atoms with Gasteiger partial charge in [0.05, 0.1) is 34.8 Å². The minimum absolute atomic E-state index is 0. The maximum absolute atomic E-state index is 14.5. The van der Waals surface area contributed by atoms with Gasteiger partial charge >= 0.3 is 11.9 Å². The van der Waals surface area contributed by atoms with Crippen LogP contribution in [0.25, 0.3) is 0 Å². The first-order chi connectivity index (χ1) is 26.7. The third kappa shape index (κ3) is 9.78. The van der Waals surface area contributed by atoms with Crippen LogP contribution in [0.15, 0.2) is 60.7 Å². The van der Waals surface area contributed by atoms with Gasteiger partial charge in [0.25, 0.3) is 0 Å². The molecule has 10 atom stereocenters. The highest BCUT2D eigenvalue weighted by Crippen LogP contribution is 2.52. The first-order valence-corrected chi connectivity index (χ1v) is 19.9. The van der Waals surface area contributed by atoms with Gasteiger partial charge in [0, 0.05) is 24.9 Å². The molecule has 6 fully saturated rings. The Morgan fingerprint density at radius 3 is 1.30 bits per heavy atom. The minimum Gasteiger partial charge on any atom is -0.458 e. The van der Waals surface area contributed by atoms with Gasteiger partial charge in [0.2, 0.25) is 23.6 Å². The fourth-order valence-electron chi connectivity index (χ4n) is 9.74. The lowest BCUT2D eigenvalue weighted by atomic mass is 9.56. The topological polar surface area (TPSA) is 181 Å². The number of benzene rings is 2. The van der Waals surface area contributed by atoms with Crippen LogP contribution in [-0.2, 0) is 28.7 Å². The number of carbonyl (C=O) groups is 6. The van der Waals surface area contributed by atoms with Crippen LogP contribution in [-0.4, -0.2) is 88.0 Å². The van der Waals surface area contributed by atoms with E-state index in [1.54, 1.807) is 48.5 Å². The quantitative estimate of drug-likeness (QED) is 0.0962. The average Bonchev–Trinajstić information content (AvgIpc) is 3.21. The van der Waals surface area contributed by atoms with Gasteiger partial charge in [0.1, 0.15) is 12.2 Å². The van der Waals surface area contributed by atoms with Crippen molar-refractivity contribution in [2.24, 2.45) is 47.3 Å². The van der Waals surface area contributed by atoms with Crippen molar-refractivity contribution in [3.63, 3.8) is 0 Å². The maximum atomic E-state index is 14.5. The molecule has 0 aliphatic heterocycles. The SMILES string of the molecule is CNCCCNC(=O)C1C2CCC(C(OC(=O)c3ccccc3)C2)C1C(=O)NC(=O)C1C2CCC(CC2OC(=O)c2ccccc2)C1C(=O)NCCCNC.Cl. The predicted octanol–water partition coefficient (Wildman–Crippen LogP) is 3.28. The van der Waals surface area contributed by atoms with Gasteiger partial charge in [-0.3, -0.25) is 24.5 Å². The maximum Gasteiger partial charge on any atom is 0.338 e. The largest absolute Gasteiger partial charge is 0.458 e. The van der Waals surface area contributed by atoms with Crippen LogP contribution in [0.4, 0.5) is 0 Å². The molecule has 5 N–H and O–H groups in total. The number of fused-ring (bicyclic) bond motifs is 6. The van der Waals surface area contributed by atoms with E-state index in [2.05, 4.69) is 26.6 Å². The predicted molar refractivity (Wildman–Crippen MR) is 210 cm³/mol. The van der Waals surface area contributed by atoms with E-state index in [1.807, 2.05) is 26.2 Å². The van der Waals surface area contributed by atoms with E-state index in [0.717, 1.165) is 0 Å². The zero-order valence-electron chi connectivity index (χ0n) is 32.2. The van der Waals surface area contributed by atoms with E-state index in [1.165, 1.54) is 0 Å². The Morgan fingerprint density at radius 2 is 0.929 bits per heavy atom. The molecule has 4 amide bonds. The summed E-state index contributed by atoms with van der Waals surface area (Å²) in [5.74, 6) is -7.50. The van der Waals surface area contributed by atoms with Crippen LogP contribution >= 0.6 is 12.4 Å². The molecular weight excluding hydrogens is 738 g/mol. The van der Waals surface area contributed by atoms with Gasteiger partial charge in [-0.2, -0.15) is 0 Å². The molecule has 14 heteroatoms. The fourth-order valence-corrected chi connectivity index (χ4v) is 9.74. The van der Waals surface area contributed by atoms with Crippen molar-refractivity contribution in [1.29, 1.82) is 0 Å². The van der Waals surface area contributed by atoms with Gasteiger partial charge in [0.15, 0.2) is 0 Å². The van der Waals surface area contributed by atoms with Crippen LogP contribution in [0.3, 0.4) is 0 Å². The third-order valence-corrected chi connectivity index (χ3v) is 12.3. The summed E-state index contributed by atoms with van der Waals surface area (Å²) in [6, 6.07) is 17.3. The first kappa shape index (κ1) is 42.8. The second-order valence-corrected chi connectivity index (χ2v) is 15.5. The lowest BCUT2D eigenvalue weighted by Gasteiger charge is -2.51. The Kier molecular flexibility index (Phi) is 15.4. The van der Waals surface area contributed by atoms with Crippen molar-refractivity contribution in [1.82, 2.24) is 26.6 Å². The second-order valence-electron chi connectivity index (χ2n) is 15.5. The molecular formula is C42H56ClN5O8. The standard InChI is InChI=1S/C42H55N5O8.ClH/c1-43-19-9-21-45-37(48)33-27-15-17-29(31(23-27)54-41(52)25-11-5-3-6-12-25)35(33)39(50)47-40(51)36-30-18-16-28(34(36)38(49)46-22-10-20-44-2)24-32(30)55-42(53)26-13-7-4-8-14-26;/h3-8,11-14,27-36,43-44H,9-10,15-24H2,1-2H3,(H,45,48)(H,46,49)(H,47,50,51);1H. The van der Waals surface area contributed by atoms with Crippen LogP contribution < -0.4 is 26.6 Å². The monoisotopic (exact) mass is 793 g/mol. The smallest absolute Gasteiger partial charge is 0.338 e. The van der Waals surface area contributed by atoms with Crippen molar-refractivity contribution >= 4 is 48.0 Å². The van der Waals surface area contributed by atoms with Gasteiger partial charge in [-0.15, -0.1) is 12.4 Å². The molecule has 13 nitrogen and oxygen atoms in total. The van der Waals surface area contributed by atoms with E-state index in [4.69, 9.17) is 9.47 Å². The number of rotatable bonds is 16. The molecule has 6 aliphatic carbocycles. The molecule has 6 saturated carbocycles. The fraction of sp³-hybridized carbons (Fsp3) is 0.571. The number of imide groups is 1. The Hall–Kier alpha value is -4.33. The van der Waals surface area contributed by atoms with Crippen molar-refractivity contribution in [3.05, 3.63) is 71.8 Å². The average molecular weight is 794 g/mol. The highest BCUT2D eigenvalue weighted by Gasteiger charge is 2.58. The van der Waals surface area contributed by atoms with Crippen molar-refractivity contribution in [2.45, 2.75) is 63.6 Å². The molecule has 6 aliphatic rings. The first-order valence-electron chi connectivity index (χ1n) is 19.9. The molecule has 10 unspecified atom stereocenters. The summed E-state index contributed by atoms with van der Waals surface area (Å²) in [6.45, 7) is 2.27. The van der Waals surface area contributed by atoms with Gasteiger partial charge in [-0.25, -0.2) is 9.59 Å². The normalized spacial score (nSPS) is 28.6. The van der Waals surface area contributed by atoms with Crippen LogP contribution in [0, 0.1) is 47.3 Å². The lowest BCUT2D eigenvalue weighted by Crippen LogP contribution is -2.61. The van der Waals surface area contributed by atoms with Crippen molar-refractivity contribution < 1.29 is 38.2 Å². The van der Waals surface area contributed by atoms with E-state index in [-0.39, 0.29) is 36.1 Å². The molecule has 2 aromatic carbocycles. The van der Waals surface area contributed by atoms with Gasteiger partial charge in [-0.1, -0.05) is 36.4 Å². The number of amides is 4. The molecule has 0 radical (unpaired) electrons. The zero-order valence-corrected chi connectivity index (χ0v) is 33.0. The number of hydrogen-bond acceptors (Lipinski definition) is 10. The molecule has 0 heterocycles. The summed E-state index contributed by atoms with van der Waals surface area (Å²) in [5, 5.41) is 14.8. The van der Waals surface area contributed by atoms with Crippen LogP contribution in [0.5, 0.6) is 0 Å². The van der Waals surface area contributed by atoms with Gasteiger partial charge < -0.3 is 30.7 Å². The molecule has 0 aromatic heterocycles. The number of hydrogen-bond donors (Lipinski definition) is 5. The summed E-state index contributed by atoms with van der Waals surface area (Å²) < 4.78 is 12.1. The minimum atomic E-state index is -0.935. The Morgan fingerprint density at radius 1 is 0.536 bits per heavy atom. The van der Waals surface area contributed by atoms with Crippen molar-refractivity contribution in [2.75, 3.05) is 40.3 Å². The summed E-state index contributed by atoms with van der Waals surface area (Å²) in [4.78, 5) is 83.2. The number of halogens is 1. The number of ether oxygens (including phenoxy) is 2. The Labute approximate surface area is 335 Å². The molecule has 0 saturated heterocycles. The number of carbonyl (C=O) groups excluding carboxylic acids is 6. The van der Waals surface area contributed by atoms with E-state index < -0.39 is 71.5 Å². The molecule has 304 valence electrons. The number of esters is 2. The highest BCUT2D eigenvalue weighted by atomic mass is 35.5.